The third-order valence-corrected chi connectivity index (χ3v) is 2.04. The summed E-state index contributed by atoms with van der Waals surface area (Å²) in [5.41, 5.74) is 0. The molecule has 5 heteroatoms. The van der Waals surface area contributed by atoms with E-state index in [1.165, 1.54) is 32.4 Å². The first kappa shape index (κ1) is 18.7. The highest BCUT2D eigenvalue weighted by atomic mass is 29.1. The highest BCUT2D eigenvalue weighted by molar-refractivity contribution is 6.75. The van der Waals surface area contributed by atoms with E-state index in [2.05, 4.69) is 19.1 Å². The molecule has 0 atom stereocenters. The van der Waals surface area contributed by atoms with Gasteiger partial charge in [0, 0.05) is 6.42 Å². The third kappa shape index (κ3) is 10.2. The van der Waals surface area contributed by atoms with E-state index >= 15 is 0 Å². The summed E-state index contributed by atoms with van der Waals surface area (Å²) in [5.74, 6) is 1.16. The Hall–Kier alpha value is -0.686. The minimum atomic E-state index is 0.442. The highest BCUT2D eigenvalue weighted by Gasteiger charge is 2.05. The standard InChI is InChI=1S/C12H22O3.H6Si2/c1-5-6-7-8-9-10-11(13-2)12(14-3)15-4;1-2/h8-9H,5-7,10H2,1-4H3;1-2H3. The minimum Gasteiger partial charge on any atom is -0.494 e. The molecular weight excluding hydrogens is 248 g/mol. The van der Waals surface area contributed by atoms with Gasteiger partial charge in [-0.2, -0.15) is 0 Å². The van der Waals surface area contributed by atoms with E-state index in [0.29, 0.717) is 18.1 Å². The fourth-order valence-corrected chi connectivity index (χ4v) is 1.19. The van der Waals surface area contributed by atoms with Crippen LogP contribution in [0.3, 0.4) is 0 Å². The van der Waals surface area contributed by atoms with Crippen LogP contribution >= 0.6 is 0 Å². The molecule has 0 aromatic rings. The fourth-order valence-electron chi connectivity index (χ4n) is 1.19. The van der Waals surface area contributed by atoms with Crippen LogP contribution in [-0.4, -0.2) is 40.8 Å². The van der Waals surface area contributed by atoms with Crippen LogP contribution in [0.5, 0.6) is 0 Å². The number of rotatable bonds is 8. The maximum Gasteiger partial charge on any atom is 0.318 e. The van der Waals surface area contributed by atoms with Crippen molar-refractivity contribution in [3.05, 3.63) is 23.9 Å². The molecule has 0 rings (SSSR count). The first-order chi connectivity index (χ1) is 8.29. The summed E-state index contributed by atoms with van der Waals surface area (Å²) in [6.07, 6.45) is 8.50. The van der Waals surface area contributed by atoms with E-state index in [4.69, 9.17) is 14.2 Å². The van der Waals surface area contributed by atoms with Crippen molar-refractivity contribution in [2.75, 3.05) is 21.3 Å². The maximum absolute atomic E-state index is 5.18. The summed E-state index contributed by atoms with van der Waals surface area (Å²) in [4.78, 5) is 0. The lowest BCUT2D eigenvalue weighted by Gasteiger charge is -2.09. The quantitative estimate of drug-likeness (QED) is 0.285. The van der Waals surface area contributed by atoms with Crippen molar-refractivity contribution in [1.82, 2.24) is 0 Å². The van der Waals surface area contributed by atoms with Crippen LogP contribution < -0.4 is 0 Å². The third-order valence-electron chi connectivity index (χ3n) is 2.04. The molecule has 0 aliphatic rings. The smallest absolute Gasteiger partial charge is 0.318 e. The number of ether oxygens (including phenoxy) is 3. The van der Waals surface area contributed by atoms with Gasteiger partial charge in [0.25, 0.3) is 0 Å². The lowest BCUT2D eigenvalue weighted by atomic mass is 10.2. The van der Waals surface area contributed by atoms with Crippen molar-refractivity contribution in [3.63, 3.8) is 0 Å². The summed E-state index contributed by atoms with van der Waals surface area (Å²) < 4.78 is 15.2. The van der Waals surface area contributed by atoms with Crippen molar-refractivity contribution in [1.29, 1.82) is 0 Å². The zero-order valence-electron chi connectivity index (χ0n) is 12.2. The molecule has 0 radical (unpaired) electrons. The normalized spacial score (nSPS) is 9.65. The van der Waals surface area contributed by atoms with Crippen molar-refractivity contribution >= 4 is 19.5 Å². The SMILES string of the molecule is CCCCC=CCC(OC)=C(OC)OC.[SiH3][SiH3]. The lowest BCUT2D eigenvalue weighted by molar-refractivity contribution is 0.0675. The van der Waals surface area contributed by atoms with Gasteiger partial charge in [-0.15, -0.1) is 0 Å². The average molecular weight is 277 g/mol. The molecule has 0 amide bonds. The van der Waals surface area contributed by atoms with Gasteiger partial charge in [-0.25, -0.2) is 0 Å². The summed E-state index contributed by atoms with van der Waals surface area (Å²) in [6, 6.07) is 0. The number of methoxy groups -OCH3 is 3. The van der Waals surface area contributed by atoms with Gasteiger partial charge in [-0.05, 0) is 25.9 Å². The molecule has 0 N–H and O–H groups in total. The summed E-state index contributed by atoms with van der Waals surface area (Å²) in [5, 5.41) is 0. The van der Waals surface area contributed by atoms with Crippen LogP contribution in [0.1, 0.15) is 32.6 Å². The number of hydrogen-bond acceptors (Lipinski definition) is 3. The molecule has 0 heterocycles. The van der Waals surface area contributed by atoms with E-state index in [9.17, 15) is 0 Å². The average Bonchev–Trinajstić information content (AvgIpc) is 2.40. The first-order valence-corrected chi connectivity index (χ1v) is 14.3. The number of allylic oxidation sites excluding steroid dienone is 2. The van der Waals surface area contributed by atoms with Crippen molar-refractivity contribution in [2.45, 2.75) is 32.6 Å². The van der Waals surface area contributed by atoms with E-state index in [1.807, 2.05) is 0 Å². The molecule has 0 aromatic carbocycles. The van der Waals surface area contributed by atoms with E-state index in [-0.39, 0.29) is 0 Å². The summed E-state index contributed by atoms with van der Waals surface area (Å²) in [6.45, 7) is 2.18. The monoisotopic (exact) mass is 276 g/mol. The Labute approximate surface area is 112 Å². The molecule has 102 valence electrons. The van der Waals surface area contributed by atoms with E-state index in [0.717, 1.165) is 6.42 Å². The molecule has 0 unspecified atom stereocenters. The summed E-state index contributed by atoms with van der Waals surface area (Å²) in [7, 11) is 7.64. The van der Waals surface area contributed by atoms with Crippen LogP contribution in [0, 0.1) is 0 Å². The maximum atomic E-state index is 5.18. The Bertz CT molecular complexity index is 210. The molecule has 3 nitrogen and oxygen atoms in total. The molecule has 17 heavy (non-hydrogen) atoms. The van der Waals surface area contributed by atoms with Gasteiger partial charge < -0.3 is 14.2 Å². The van der Waals surface area contributed by atoms with Gasteiger partial charge in [0.05, 0.1) is 21.3 Å². The Morgan fingerprint density at radius 2 is 1.59 bits per heavy atom. The fraction of sp³-hybridized carbons (Fsp3) is 0.667. The second kappa shape index (κ2) is 15.3. The van der Waals surface area contributed by atoms with Gasteiger partial charge >= 0.3 is 5.95 Å². The summed E-state index contributed by atoms with van der Waals surface area (Å²) >= 11 is 0. The van der Waals surface area contributed by atoms with Crippen molar-refractivity contribution in [2.24, 2.45) is 0 Å². The highest BCUT2D eigenvalue weighted by Crippen LogP contribution is 2.12. The molecule has 0 aliphatic heterocycles. The zero-order valence-corrected chi connectivity index (χ0v) is 16.2. The van der Waals surface area contributed by atoms with E-state index in [1.54, 1.807) is 21.3 Å². The Morgan fingerprint density at radius 1 is 1.00 bits per heavy atom. The van der Waals surface area contributed by atoms with Crippen LogP contribution in [0.15, 0.2) is 23.9 Å². The van der Waals surface area contributed by atoms with Gasteiger partial charge in [-0.1, -0.05) is 31.9 Å². The molecular formula is C12H28O3Si2. The first-order valence-electron chi connectivity index (χ1n) is 6.30. The van der Waals surface area contributed by atoms with Gasteiger partial charge in [0.15, 0.2) is 5.76 Å². The number of hydrogen-bond donors (Lipinski definition) is 0. The van der Waals surface area contributed by atoms with Crippen LogP contribution in [0.2, 0.25) is 0 Å². The largest absolute Gasteiger partial charge is 0.494 e. The topological polar surface area (TPSA) is 27.7 Å². The second-order valence-corrected chi connectivity index (χ2v) is 3.14. The number of unbranched alkanes of at least 4 members (excludes halogenated alkanes) is 2. The van der Waals surface area contributed by atoms with Gasteiger partial charge in [0.1, 0.15) is 0 Å². The van der Waals surface area contributed by atoms with Gasteiger partial charge in [-0.3, -0.25) is 0 Å². The van der Waals surface area contributed by atoms with Crippen LogP contribution in [0.25, 0.3) is 0 Å². The lowest BCUT2D eigenvalue weighted by Crippen LogP contribution is -1.98. The predicted octanol–water partition coefficient (Wildman–Crippen LogP) is 0.863. The molecule has 0 fully saturated rings. The Kier molecular flexibility index (Phi) is 16.8. The molecule has 0 saturated carbocycles. The molecule has 0 aromatic heterocycles. The Balaban J connectivity index is 0. The molecule has 0 spiro atoms. The Morgan fingerprint density at radius 3 is 2.00 bits per heavy atom. The van der Waals surface area contributed by atoms with Crippen molar-refractivity contribution < 1.29 is 14.2 Å². The van der Waals surface area contributed by atoms with E-state index < -0.39 is 0 Å². The zero-order chi connectivity index (χ0) is 13.5. The molecule has 0 bridgehead atoms. The molecule has 0 saturated heterocycles. The van der Waals surface area contributed by atoms with Crippen LogP contribution in [0.4, 0.5) is 0 Å². The van der Waals surface area contributed by atoms with Gasteiger partial charge in [0.2, 0.25) is 0 Å². The molecule has 0 aliphatic carbocycles. The second-order valence-electron chi connectivity index (χ2n) is 3.14. The predicted molar refractivity (Wildman–Crippen MR) is 81.2 cm³/mol. The minimum absolute atomic E-state index is 0.442. The van der Waals surface area contributed by atoms with Crippen LogP contribution in [-0.2, 0) is 14.2 Å². The van der Waals surface area contributed by atoms with Crippen molar-refractivity contribution in [3.8, 4) is 0 Å².